The summed E-state index contributed by atoms with van der Waals surface area (Å²) in [6.07, 6.45) is 9.29. The summed E-state index contributed by atoms with van der Waals surface area (Å²) in [6.45, 7) is 5.76. The van der Waals surface area contributed by atoms with E-state index in [-0.39, 0.29) is 12.2 Å². The Bertz CT molecular complexity index is 791. The zero-order valence-electron chi connectivity index (χ0n) is 17.4. The van der Waals surface area contributed by atoms with E-state index in [0.29, 0.717) is 12.0 Å². The van der Waals surface area contributed by atoms with Crippen molar-refractivity contribution in [2.75, 3.05) is 26.3 Å². The number of H-pyrrole nitrogens is 1. The molecule has 2 atom stereocenters. The van der Waals surface area contributed by atoms with Gasteiger partial charge in [-0.1, -0.05) is 0 Å². The van der Waals surface area contributed by atoms with Gasteiger partial charge in [-0.05, 0) is 75.0 Å². The van der Waals surface area contributed by atoms with Crippen LogP contribution >= 0.6 is 0 Å². The third-order valence-corrected chi connectivity index (χ3v) is 7.10. The molecule has 0 radical (unpaired) electrons. The predicted molar refractivity (Wildman–Crippen MR) is 112 cm³/mol. The summed E-state index contributed by atoms with van der Waals surface area (Å²) in [5.74, 6) is 1.19. The SMILES string of the molecule is C[C@H](O)C[C@H]1CCc2cc3[nH]cnc(OC4CCC(N5CCOCC5)CC4)c-3c21. The fourth-order valence-electron chi connectivity index (χ4n) is 5.71. The molecule has 3 aliphatic carbocycles. The molecular weight excluding hydrogens is 366 g/mol. The molecule has 0 unspecified atom stereocenters. The normalized spacial score (nSPS) is 29.1. The van der Waals surface area contributed by atoms with E-state index in [0.717, 1.165) is 75.5 Å². The number of morpholine rings is 1. The molecule has 0 spiro atoms. The fourth-order valence-corrected chi connectivity index (χ4v) is 5.71. The summed E-state index contributed by atoms with van der Waals surface area (Å²) in [7, 11) is 0. The number of ether oxygens (including phenoxy) is 2. The predicted octanol–water partition coefficient (Wildman–Crippen LogP) is 3.34. The van der Waals surface area contributed by atoms with Crippen molar-refractivity contribution in [3.05, 3.63) is 23.5 Å². The summed E-state index contributed by atoms with van der Waals surface area (Å²) < 4.78 is 12.0. The maximum Gasteiger partial charge on any atom is 0.224 e. The average Bonchev–Trinajstić information content (AvgIpc) is 3.29. The molecule has 5 aliphatic rings. The number of fused-ring (bicyclic) bond motifs is 3. The van der Waals surface area contributed by atoms with Crippen molar-refractivity contribution in [3.8, 4) is 17.1 Å². The fraction of sp³-hybridized carbons (Fsp3) is 0.696. The molecule has 0 aromatic carbocycles. The van der Waals surface area contributed by atoms with Crippen molar-refractivity contribution in [1.82, 2.24) is 14.9 Å². The molecule has 2 fully saturated rings. The van der Waals surface area contributed by atoms with Gasteiger partial charge >= 0.3 is 0 Å². The van der Waals surface area contributed by atoms with Crippen LogP contribution < -0.4 is 4.74 Å². The van der Waals surface area contributed by atoms with E-state index in [1.165, 1.54) is 24.0 Å². The van der Waals surface area contributed by atoms with Crippen molar-refractivity contribution in [3.63, 3.8) is 0 Å². The zero-order valence-corrected chi connectivity index (χ0v) is 17.4. The zero-order chi connectivity index (χ0) is 19.8. The van der Waals surface area contributed by atoms with Gasteiger partial charge < -0.3 is 19.6 Å². The van der Waals surface area contributed by atoms with Crippen LogP contribution in [0.1, 0.15) is 62.5 Å². The Labute approximate surface area is 172 Å². The first-order chi connectivity index (χ1) is 14.2. The summed E-state index contributed by atoms with van der Waals surface area (Å²) in [5, 5.41) is 9.94. The number of aliphatic hydroxyl groups is 1. The number of aromatic amines is 1. The highest BCUT2D eigenvalue weighted by Crippen LogP contribution is 2.48. The van der Waals surface area contributed by atoms with Crippen LogP contribution in [0.4, 0.5) is 0 Å². The molecule has 2 N–H and O–H groups in total. The summed E-state index contributed by atoms with van der Waals surface area (Å²) in [5.41, 5.74) is 5.04. The van der Waals surface area contributed by atoms with Gasteiger partial charge in [0.15, 0.2) is 0 Å². The molecule has 2 heterocycles. The highest BCUT2D eigenvalue weighted by atomic mass is 16.5. The van der Waals surface area contributed by atoms with Gasteiger partial charge in [0.2, 0.25) is 5.88 Å². The van der Waals surface area contributed by atoms with Crippen LogP contribution in [0.15, 0.2) is 12.4 Å². The second kappa shape index (κ2) is 8.25. The molecule has 0 amide bonds. The van der Waals surface area contributed by atoms with E-state index < -0.39 is 0 Å². The number of rotatable bonds is 5. The molecule has 6 nitrogen and oxygen atoms in total. The van der Waals surface area contributed by atoms with Gasteiger partial charge in [-0.3, -0.25) is 4.90 Å². The van der Waals surface area contributed by atoms with Crippen LogP contribution in [-0.4, -0.2) is 64.5 Å². The maximum absolute atomic E-state index is 9.94. The van der Waals surface area contributed by atoms with Gasteiger partial charge in [-0.15, -0.1) is 0 Å². The topological polar surface area (TPSA) is 70.6 Å². The molecule has 1 saturated heterocycles. The molecule has 0 aromatic heterocycles. The van der Waals surface area contributed by atoms with Crippen LogP contribution in [-0.2, 0) is 11.2 Å². The van der Waals surface area contributed by atoms with Crippen molar-refractivity contribution < 1.29 is 14.6 Å². The molecular formula is C23H33N3O3. The van der Waals surface area contributed by atoms with E-state index in [1.54, 1.807) is 6.33 Å². The molecule has 5 rings (SSSR count). The van der Waals surface area contributed by atoms with Crippen molar-refractivity contribution >= 4 is 0 Å². The molecule has 2 aliphatic heterocycles. The number of aromatic nitrogens is 2. The van der Waals surface area contributed by atoms with Crippen molar-refractivity contribution in [2.24, 2.45) is 0 Å². The summed E-state index contributed by atoms with van der Waals surface area (Å²) in [4.78, 5) is 10.5. The third-order valence-electron chi connectivity index (χ3n) is 7.10. The number of aryl methyl sites for hydroxylation is 1. The van der Waals surface area contributed by atoms with Crippen LogP contribution in [0, 0.1) is 0 Å². The lowest BCUT2D eigenvalue weighted by Gasteiger charge is -2.38. The number of nitrogens with zero attached hydrogens (tertiary/aromatic N) is 2. The minimum atomic E-state index is -0.281. The van der Waals surface area contributed by atoms with E-state index in [9.17, 15) is 5.11 Å². The highest BCUT2D eigenvalue weighted by Gasteiger charge is 2.34. The Hall–Kier alpha value is -1.63. The first-order valence-electron chi connectivity index (χ1n) is 11.3. The van der Waals surface area contributed by atoms with Crippen LogP contribution in [0.25, 0.3) is 11.3 Å². The first kappa shape index (κ1) is 19.3. The van der Waals surface area contributed by atoms with Crippen LogP contribution in [0.5, 0.6) is 5.88 Å². The monoisotopic (exact) mass is 399 g/mol. The van der Waals surface area contributed by atoms with Gasteiger partial charge in [-0.2, -0.15) is 0 Å². The Balaban J connectivity index is 1.30. The molecule has 29 heavy (non-hydrogen) atoms. The lowest BCUT2D eigenvalue weighted by molar-refractivity contribution is -0.00135. The van der Waals surface area contributed by atoms with E-state index in [4.69, 9.17) is 9.47 Å². The second-order valence-corrected chi connectivity index (χ2v) is 9.10. The van der Waals surface area contributed by atoms with Gasteiger partial charge in [0.25, 0.3) is 0 Å². The quantitative estimate of drug-likeness (QED) is 0.807. The number of hydrogen-bond acceptors (Lipinski definition) is 5. The Kier molecular flexibility index (Phi) is 5.50. The Morgan fingerprint density at radius 3 is 2.79 bits per heavy atom. The summed E-state index contributed by atoms with van der Waals surface area (Å²) >= 11 is 0. The van der Waals surface area contributed by atoms with Gasteiger partial charge in [0.1, 0.15) is 6.10 Å². The van der Waals surface area contributed by atoms with E-state index >= 15 is 0 Å². The standard InChI is InChI=1S/C23H33N3O3/c1-15(27)12-16-2-3-17-13-20-22(21(16)17)23(25-14-24-20)29-19-6-4-18(5-7-19)26-8-10-28-11-9-26/h13-16,18-19,27H,2-12H2,1H3,(H,24,25)/t15-,16+,18?,19?/m0/s1. The number of aliphatic hydroxyl groups excluding tert-OH is 1. The molecule has 0 aromatic rings. The Morgan fingerprint density at radius 1 is 1.24 bits per heavy atom. The molecule has 158 valence electrons. The smallest absolute Gasteiger partial charge is 0.224 e. The average molecular weight is 400 g/mol. The third kappa shape index (κ3) is 3.90. The van der Waals surface area contributed by atoms with Crippen LogP contribution in [0.2, 0.25) is 0 Å². The van der Waals surface area contributed by atoms with E-state index in [1.807, 2.05) is 6.92 Å². The number of hydrogen-bond donors (Lipinski definition) is 2. The van der Waals surface area contributed by atoms with E-state index in [2.05, 4.69) is 20.9 Å². The van der Waals surface area contributed by atoms with Crippen molar-refractivity contribution in [2.45, 2.75) is 76.0 Å². The minimum absolute atomic E-state index is 0.243. The maximum atomic E-state index is 9.94. The van der Waals surface area contributed by atoms with Gasteiger partial charge in [0, 0.05) is 19.1 Å². The lowest BCUT2D eigenvalue weighted by atomic mass is 9.91. The molecule has 6 heteroatoms. The largest absolute Gasteiger partial charge is 0.474 e. The second-order valence-electron chi connectivity index (χ2n) is 9.10. The Morgan fingerprint density at radius 2 is 2.03 bits per heavy atom. The molecule has 0 bridgehead atoms. The van der Waals surface area contributed by atoms with Gasteiger partial charge in [0.05, 0.1) is 36.9 Å². The lowest BCUT2D eigenvalue weighted by Crippen LogP contribution is -2.46. The molecule has 1 saturated carbocycles. The number of nitrogens with one attached hydrogen (secondary N) is 1. The van der Waals surface area contributed by atoms with Crippen LogP contribution in [0.3, 0.4) is 0 Å². The van der Waals surface area contributed by atoms with Crippen molar-refractivity contribution in [1.29, 1.82) is 0 Å². The minimum Gasteiger partial charge on any atom is -0.474 e. The summed E-state index contributed by atoms with van der Waals surface area (Å²) in [6, 6.07) is 2.94. The first-order valence-corrected chi connectivity index (χ1v) is 11.3. The van der Waals surface area contributed by atoms with Gasteiger partial charge in [-0.25, -0.2) is 4.98 Å². The highest BCUT2D eigenvalue weighted by molar-refractivity contribution is 5.76.